The van der Waals surface area contributed by atoms with Gasteiger partial charge in [0.15, 0.2) is 0 Å². The third-order valence-corrected chi connectivity index (χ3v) is 5.78. The molecular formula is C18H22F2N2O5S. The number of carbonyl (C=O) groups excluding carboxylic acids is 2. The van der Waals surface area contributed by atoms with Crippen LogP contribution in [0.4, 0.5) is 18.6 Å². The van der Waals surface area contributed by atoms with Crippen LogP contribution in [0.3, 0.4) is 0 Å². The van der Waals surface area contributed by atoms with Crippen LogP contribution < -0.4 is 10.6 Å². The number of hydrogen-bond donors (Lipinski definition) is 3. The Labute approximate surface area is 164 Å². The lowest BCUT2D eigenvalue weighted by Crippen LogP contribution is -2.41. The minimum atomic E-state index is -3.02. The molecule has 1 heterocycles. The molecule has 10 heteroatoms. The first-order chi connectivity index (χ1) is 12.9. The Balaban J connectivity index is 1.74. The van der Waals surface area contributed by atoms with Crippen LogP contribution in [0.5, 0.6) is 0 Å². The summed E-state index contributed by atoms with van der Waals surface area (Å²) < 4.78 is 31.4. The van der Waals surface area contributed by atoms with Crippen molar-refractivity contribution in [1.82, 2.24) is 5.32 Å². The molecule has 2 atom stereocenters. The zero-order valence-electron chi connectivity index (χ0n) is 15.7. The van der Waals surface area contributed by atoms with Crippen LogP contribution in [0.25, 0.3) is 0 Å². The minimum Gasteiger partial charge on any atom is -0.478 e. The minimum absolute atomic E-state index is 0.0723. The molecule has 1 unspecified atom stereocenters. The molecule has 0 bridgehead atoms. The number of alkyl halides is 2. The van der Waals surface area contributed by atoms with E-state index in [0.29, 0.717) is 18.4 Å². The Morgan fingerprint density at radius 1 is 1.29 bits per heavy atom. The van der Waals surface area contributed by atoms with E-state index in [1.807, 2.05) is 0 Å². The van der Waals surface area contributed by atoms with Crippen LogP contribution in [0, 0.1) is 5.92 Å². The van der Waals surface area contributed by atoms with Crippen LogP contribution in [0.1, 0.15) is 54.4 Å². The standard InChI is InChI=1S/C18H22F2N2O5S/c1-17(2,3)27-16(26)21-8-4-5-11-9(6-8)12(15(24)25)14(28-11)22-13(23)10-7-18(10,19)20/h8,10H,4-7H2,1-3H3,(H,21,26)(H,22,23)(H,24,25)/t8-,10?/m0/s1. The molecule has 0 radical (unpaired) electrons. The molecule has 1 aromatic heterocycles. The molecule has 2 amide bonds. The van der Waals surface area contributed by atoms with Crippen molar-refractivity contribution >= 4 is 34.3 Å². The van der Waals surface area contributed by atoms with Gasteiger partial charge in [-0.25, -0.2) is 18.4 Å². The highest BCUT2D eigenvalue weighted by Gasteiger charge is 2.61. The first kappa shape index (κ1) is 20.5. The van der Waals surface area contributed by atoms with E-state index in [-0.39, 0.29) is 23.0 Å². The van der Waals surface area contributed by atoms with Gasteiger partial charge in [-0.2, -0.15) is 0 Å². The van der Waals surface area contributed by atoms with E-state index in [4.69, 9.17) is 4.74 Å². The maximum absolute atomic E-state index is 13.1. The van der Waals surface area contributed by atoms with Gasteiger partial charge in [-0.05, 0) is 45.6 Å². The fraction of sp³-hybridized carbons (Fsp3) is 0.611. The highest BCUT2D eigenvalue weighted by Crippen LogP contribution is 2.49. The number of rotatable bonds is 4. The van der Waals surface area contributed by atoms with Crippen LogP contribution in [0.2, 0.25) is 0 Å². The predicted molar refractivity (Wildman–Crippen MR) is 98.1 cm³/mol. The van der Waals surface area contributed by atoms with E-state index in [1.54, 1.807) is 20.8 Å². The topological polar surface area (TPSA) is 105 Å². The first-order valence-corrected chi connectivity index (χ1v) is 9.75. The number of carboxylic acids is 1. The second-order valence-corrected chi connectivity index (χ2v) is 9.21. The number of carbonyl (C=O) groups is 3. The van der Waals surface area contributed by atoms with Crippen molar-refractivity contribution in [2.24, 2.45) is 5.92 Å². The number of fused-ring (bicyclic) bond motifs is 1. The molecule has 0 spiro atoms. The van der Waals surface area contributed by atoms with Gasteiger partial charge in [-0.1, -0.05) is 0 Å². The number of aromatic carboxylic acids is 1. The molecule has 1 saturated carbocycles. The molecule has 7 nitrogen and oxygen atoms in total. The fourth-order valence-corrected chi connectivity index (χ4v) is 4.43. The van der Waals surface area contributed by atoms with Crippen molar-refractivity contribution in [3.8, 4) is 0 Å². The average molecular weight is 416 g/mol. The summed E-state index contributed by atoms with van der Waals surface area (Å²) in [6, 6.07) is -0.314. The van der Waals surface area contributed by atoms with Gasteiger partial charge in [0, 0.05) is 17.3 Å². The number of aryl methyl sites for hydroxylation is 1. The van der Waals surface area contributed by atoms with E-state index in [0.717, 1.165) is 16.2 Å². The van der Waals surface area contributed by atoms with Crippen molar-refractivity contribution in [3.05, 3.63) is 16.0 Å². The quantitative estimate of drug-likeness (QED) is 0.698. The Hall–Kier alpha value is -2.23. The number of hydrogen-bond acceptors (Lipinski definition) is 5. The molecule has 2 aliphatic carbocycles. The van der Waals surface area contributed by atoms with Gasteiger partial charge >= 0.3 is 12.1 Å². The molecular weight excluding hydrogens is 394 g/mol. The maximum atomic E-state index is 13.1. The smallest absolute Gasteiger partial charge is 0.407 e. The molecule has 1 aromatic rings. The van der Waals surface area contributed by atoms with Crippen LogP contribution in [0.15, 0.2) is 0 Å². The predicted octanol–water partition coefficient (Wildman–Crippen LogP) is 3.42. The summed E-state index contributed by atoms with van der Waals surface area (Å²) >= 11 is 1.09. The molecule has 0 saturated heterocycles. The summed E-state index contributed by atoms with van der Waals surface area (Å²) in [7, 11) is 0. The number of nitrogens with one attached hydrogen (secondary N) is 2. The van der Waals surface area contributed by atoms with Gasteiger partial charge < -0.3 is 20.5 Å². The van der Waals surface area contributed by atoms with E-state index in [2.05, 4.69) is 10.6 Å². The molecule has 0 aliphatic heterocycles. The summed E-state index contributed by atoms with van der Waals surface area (Å²) in [5, 5.41) is 14.8. The lowest BCUT2D eigenvalue weighted by atomic mass is 9.91. The molecule has 3 N–H and O–H groups in total. The number of anilines is 1. The van der Waals surface area contributed by atoms with Crippen molar-refractivity contribution in [2.75, 3.05) is 5.32 Å². The van der Waals surface area contributed by atoms with Crippen molar-refractivity contribution in [3.63, 3.8) is 0 Å². The summed E-state index contributed by atoms with van der Waals surface area (Å²) in [5.74, 6) is -6.54. The number of ether oxygens (including phenoxy) is 1. The molecule has 154 valence electrons. The number of thiophene rings is 1. The second-order valence-electron chi connectivity index (χ2n) is 8.11. The zero-order chi connectivity index (χ0) is 20.9. The highest BCUT2D eigenvalue weighted by molar-refractivity contribution is 7.17. The van der Waals surface area contributed by atoms with Gasteiger partial charge in [0.1, 0.15) is 16.5 Å². The lowest BCUT2D eigenvalue weighted by Gasteiger charge is -2.26. The van der Waals surface area contributed by atoms with Crippen LogP contribution in [-0.4, -0.2) is 40.6 Å². The summed E-state index contributed by atoms with van der Waals surface area (Å²) in [5.41, 5.74) is -0.225. The summed E-state index contributed by atoms with van der Waals surface area (Å²) in [4.78, 5) is 36.5. The van der Waals surface area contributed by atoms with Gasteiger partial charge in [-0.15, -0.1) is 11.3 Å². The average Bonchev–Trinajstić information content (AvgIpc) is 3.01. The van der Waals surface area contributed by atoms with Crippen molar-refractivity contribution in [1.29, 1.82) is 0 Å². The normalized spacial score (nSPS) is 22.8. The highest BCUT2D eigenvalue weighted by atomic mass is 32.1. The number of halogens is 2. The molecule has 1 fully saturated rings. The molecule has 28 heavy (non-hydrogen) atoms. The van der Waals surface area contributed by atoms with Gasteiger partial charge in [0.2, 0.25) is 5.91 Å². The van der Waals surface area contributed by atoms with Crippen molar-refractivity contribution in [2.45, 2.75) is 64.0 Å². The van der Waals surface area contributed by atoms with E-state index < -0.39 is 41.8 Å². The molecule has 0 aromatic carbocycles. The lowest BCUT2D eigenvalue weighted by molar-refractivity contribution is -0.119. The third-order valence-electron chi connectivity index (χ3n) is 4.57. The van der Waals surface area contributed by atoms with Gasteiger partial charge in [0.05, 0.1) is 5.56 Å². The summed E-state index contributed by atoms with van der Waals surface area (Å²) in [6.07, 6.45) is 0.254. The Kier molecular flexibility index (Phi) is 5.11. The van der Waals surface area contributed by atoms with Crippen LogP contribution in [-0.2, 0) is 22.4 Å². The number of carboxylic acid groups (broad SMARTS) is 1. The Morgan fingerprint density at radius 3 is 2.46 bits per heavy atom. The largest absolute Gasteiger partial charge is 0.478 e. The fourth-order valence-electron chi connectivity index (χ4n) is 3.19. The number of alkyl carbamates (subject to hydrolysis) is 1. The van der Waals surface area contributed by atoms with E-state index in [1.165, 1.54) is 0 Å². The van der Waals surface area contributed by atoms with Crippen molar-refractivity contribution < 1.29 is 33.0 Å². The van der Waals surface area contributed by atoms with Gasteiger partial charge in [0.25, 0.3) is 5.92 Å². The first-order valence-electron chi connectivity index (χ1n) is 8.93. The van der Waals surface area contributed by atoms with Gasteiger partial charge in [-0.3, -0.25) is 4.79 Å². The van der Waals surface area contributed by atoms with Crippen LogP contribution >= 0.6 is 11.3 Å². The summed E-state index contributed by atoms with van der Waals surface area (Å²) in [6.45, 7) is 5.22. The Morgan fingerprint density at radius 2 is 1.93 bits per heavy atom. The van der Waals surface area contributed by atoms with E-state index >= 15 is 0 Å². The SMILES string of the molecule is CC(C)(C)OC(=O)N[C@H]1CCc2sc(NC(=O)C3CC3(F)F)c(C(=O)O)c2C1. The molecule has 2 aliphatic rings. The van der Waals surface area contributed by atoms with E-state index in [9.17, 15) is 28.3 Å². The monoisotopic (exact) mass is 416 g/mol. The number of amides is 2. The second kappa shape index (κ2) is 6.98. The maximum Gasteiger partial charge on any atom is 0.407 e. The molecule has 3 rings (SSSR count). The third kappa shape index (κ3) is 4.43. The Bertz CT molecular complexity index is 831. The zero-order valence-corrected chi connectivity index (χ0v) is 16.5.